The summed E-state index contributed by atoms with van der Waals surface area (Å²) in [5.41, 5.74) is 0.815. The molecule has 0 aliphatic rings. The highest BCUT2D eigenvalue weighted by Gasteiger charge is 2.20. The number of aromatic carboxylic acids is 1. The van der Waals surface area contributed by atoms with E-state index in [1.54, 1.807) is 12.1 Å². The highest BCUT2D eigenvalue weighted by molar-refractivity contribution is 5.90. The van der Waals surface area contributed by atoms with Crippen molar-refractivity contribution < 1.29 is 18.7 Å². The standard InChI is InChI=1S/C14H13FO3/c1-8(2)13-11(14(16)17)7-12(18-13)9-3-5-10(15)6-4-9/h3-8H,1-2H3,(H,16,17). The maximum absolute atomic E-state index is 12.8. The predicted octanol–water partition coefficient (Wildman–Crippen LogP) is 3.91. The Labute approximate surface area is 104 Å². The van der Waals surface area contributed by atoms with Crippen LogP contribution in [0.1, 0.15) is 35.9 Å². The van der Waals surface area contributed by atoms with Crippen LogP contribution < -0.4 is 0 Å². The van der Waals surface area contributed by atoms with Crippen molar-refractivity contribution >= 4 is 5.97 Å². The molecule has 0 amide bonds. The minimum Gasteiger partial charge on any atom is -0.478 e. The predicted molar refractivity (Wildman–Crippen MR) is 65.2 cm³/mol. The number of benzene rings is 1. The van der Waals surface area contributed by atoms with E-state index >= 15 is 0 Å². The van der Waals surface area contributed by atoms with Crippen molar-refractivity contribution in [2.45, 2.75) is 19.8 Å². The Morgan fingerprint density at radius 3 is 2.33 bits per heavy atom. The van der Waals surface area contributed by atoms with Gasteiger partial charge in [0.05, 0.1) is 0 Å². The molecular weight excluding hydrogens is 235 g/mol. The van der Waals surface area contributed by atoms with E-state index in [1.807, 2.05) is 13.8 Å². The van der Waals surface area contributed by atoms with Gasteiger partial charge in [-0.3, -0.25) is 0 Å². The first kappa shape index (κ1) is 12.4. The van der Waals surface area contributed by atoms with E-state index in [0.29, 0.717) is 17.1 Å². The average molecular weight is 248 g/mol. The molecule has 0 unspecified atom stereocenters. The molecule has 0 saturated carbocycles. The van der Waals surface area contributed by atoms with Gasteiger partial charge in [-0.25, -0.2) is 9.18 Å². The number of halogens is 1. The van der Waals surface area contributed by atoms with E-state index in [2.05, 4.69) is 0 Å². The van der Waals surface area contributed by atoms with Crippen LogP contribution in [0.15, 0.2) is 34.7 Å². The SMILES string of the molecule is CC(C)c1oc(-c2ccc(F)cc2)cc1C(=O)O. The zero-order valence-electron chi connectivity index (χ0n) is 10.1. The van der Waals surface area contributed by atoms with E-state index in [4.69, 9.17) is 9.52 Å². The monoisotopic (exact) mass is 248 g/mol. The maximum atomic E-state index is 12.8. The number of carboxylic acids is 1. The molecule has 0 aliphatic heterocycles. The second-order valence-electron chi connectivity index (χ2n) is 4.36. The zero-order chi connectivity index (χ0) is 13.3. The molecule has 1 heterocycles. The fourth-order valence-corrected chi connectivity index (χ4v) is 1.76. The van der Waals surface area contributed by atoms with Crippen molar-refractivity contribution in [1.82, 2.24) is 0 Å². The third-order valence-corrected chi connectivity index (χ3v) is 2.64. The van der Waals surface area contributed by atoms with Crippen LogP contribution in [0.5, 0.6) is 0 Å². The number of carboxylic acid groups (broad SMARTS) is 1. The summed E-state index contributed by atoms with van der Waals surface area (Å²) < 4.78 is 18.4. The van der Waals surface area contributed by atoms with Gasteiger partial charge in [-0.05, 0) is 30.3 Å². The second kappa shape index (κ2) is 4.64. The molecule has 0 bridgehead atoms. The molecule has 0 saturated heterocycles. The molecule has 1 aromatic heterocycles. The van der Waals surface area contributed by atoms with Crippen molar-refractivity contribution in [2.75, 3.05) is 0 Å². The lowest BCUT2D eigenvalue weighted by atomic mass is 10.1. The first-order chi connectivity index (χ1) is 8.49. The molecule has 0 fully saturated rings. The number of furan rings is 1. The van der Waals surface area contributed by atoms with Gasteiger partial charge in [0.2, 0.25) is 0 Å². The molecule has 0 aliphatic carbocycles. The van der Waals surface area contributed by atoms with Crippen molar-refractivity contribution in [1.29, 1.82) is 0 Å². The smallest absolute Gasteiger partial charge is 0.339 e. The van der Waals surface area contributed by atoms with E-state index < -0.39 is 5.97 Å². The molecule has 3 nitrogen and oxygen atoms in total. The van der Waals surface area contributed by atoms with E-state index in [9.17, 15) is 9.18 Å². The Hall–Kier alpha value is -2.10. The fourth-order valence-electron chi connectivity index (χ4n) is 1.76. The Kier molecular flexibility index (Phi) is 3.19. The van der Waals surface area contributed by atoms with Crippen molar-refractivity contribution in [2.24, 2.45) is 0 Å². The van der Waals surface area contributed by atoms with Gasteiger partial charge >= 0.3 is 5.97 Å². The summed E-state index contributed by atoms with van der Waals surface area (Å²) in [6.45, 7) is 3.72. The summed E-state index contributed by atoms with van der Waals surface area (Å²) in [5, 5.41) is 9.10. The van der Waals surface area contributed by atoms with Gasteiger partial charge in [0.1, 0.15) is 22.9 Å². The van der Waals surface area contributed by atoms with Gasteiger partial charge in [0, 0.05) is 11.5 Å². The fraction of sp³-hybridized carbons (Fsp3) is 0.214. The molecule has 2 rings (SSSR count). The number of hydrogen-bond acceptors (Lipinski definition) is 2. The van der Waals surface area contributed by atoms with Crippen LogP contribution in [0.3, 0.4) is 0 Å². The van der Waals surface area contributed by atoms with Crippen LogP contribution in [0.2, 0.25) is 0 Å². The van der Waals surface area contributed by atoms with Crippen molar-refractivity contribution in [3.8, 4) is 11.3 Å². The first-order valence-electron chi connectivity index (χ1n) is 5.62. The minimum atomic E-state index is -1.02. The Balaban J connectivity index is 2.49. The molecule has 18 heavy (non-hydrogen) atoms. The van der Waals surface area contributed by atoms with Crippen LogP contribution >= 0.6 is 0 Å². The van der Waals surface area contributed by atoms with Crippen LogP contribution in [0.25, 0.3) is 11.3 Å². The lowest BCUT2D eigenvalue weighted by molar-refractivity contribution is 0.0694. The van der Waals surface area contributed by atoms with E-state index in [0.717, 1.165) is 0 Å². The summed E-state index contributed by atoms with van der Waals surface area (Å²) in [7, 11) is 0. The summed E-state index contributed by atoms with van der Waals surface area (Å²) >= 11 is 0. The Morgan fingerprint density at radius 1 is 1.28 bits per heavy atom. The van der Waals surface area contributed by atoms with Crippen LogP contribution in [-0.4, -0.2) is 11.1 Å². The maximum Gasteiger partial charge on any atom is 0.339 e. The summed E-state index contributed by atoms with van der Waals surface area (Å²) in [4.78, 5) is 11.1. The third-order valence-electron chi connectivity index (χ3n) is 2.64. The van der Waals surface area contributed by atoms with Gasteiger partial charge in [-0.1, -0.05) is 13.8 Å². The summed E-state index contributed by atoms with van der Waals surface area (Å²) in [5.74, 6) is -0.508. The molecular formula is C14H13FO3. The molecule has 1 aromatic carbocycles. The number of hydrogen-bond donors (Lipinski definition) is 1. The van der Waals surface area contributed by atoms with Crippen LogP contribution in [0.4, 0.5) is 4.39 Å². The van der Waals surface area contributed by atoms with Crippen LogP contribution in [0, 0.1) is 5.82 Å². The van der Waals surface area contributed by atoms with Gasteiger partial charge in [-0.2, -0.15) is 0 Å². The van der Waals surface area contributed by atoms with E-state index in [1.165, 1.54) is 18.2 Å². The normalized spacial score (nSPS) is 10.9. The number of carbonyl (C=O) groups is 1. The first-order valence-corrected chi connectivity index (χ1v) is 5.62. The quantitative estimate of drug-likeness (QED) is 0.895. The summed E-state index contributed by atoms with van der Waals surface area (Å²) in [6.07, 6.45) is 0. The highest BCUT2D eigenvalue weighted by atomic mass is 19.1. The largest absolute Gasteiger partial charge is 0.478 e. The number of rotatable bonds is 3. The average Bonchev–Trinajstić information content (AvgIpc) is 2.75. The Morgan fingerprint density at radius 2 is 1.89 bits per heavy atom. The zero-order valence-corrected chi connectivity index (χ0v) is 10.1. The lowest BCUT2D eigenvalue weighted by Crippen LogP contribution is -1.99. The molecule has 94 valence electrons. The highest BCUT2D eigenvalue weighted by Crippen LogP contribution is 2.30. The van der Waals surface area contributed by atoms with Crippen molar-refractivity contribution in [3.05, 3.63) is 47.5 Å². The van der Waals surface area contributed by atoms with Gasteiger partial charge in [0.15, 0.2) is 0 Å². The third kappa shape index (κ3) is 2.27. The second-order valence-corrected chi connectivity index (χ2v) is 4.36. The van der Waals surface area contributed by atoms with Crippen molar-refractivity contribution in [3.63, 3.8) is 0 Å². The van der Waals surface area contributed by atoms with Gasteiger partial charge in [-0.15, -0.1) is 0 Å². The van der Waals surface area contributed by atoms with Crippen LogP contribution in [-0.2, 0) is 0 Å². The van der Waals surface area contributed by atoms with E-state index in [-0.39, 0.29) is 17.3 Å². The summed E-state index contributed by atoms with van der Waals surface area (Å²) in [6, 6.07) is 7.22. The lowest BCUT2D eigenvalue weighted by Gasteiger charge is -2.01. The van der Waals surface area contributed by atoms with Gasteiger partial charge in [0.25, 0.3) is 0 Å². The topological polar surface area (TPSA) is 50.4 Å². The van der Waals surface area contributed by atoms with Gasteiger partial charge < -0.3 is 9.52 Å². The molecule has 2 aromatic rings. The minimum absolute atomic E-state index is 0.0229. The Bertz CT molecular complexity index is 567. The molecule has 0 radical (unpaired) electrons. The molecule has 0 atom stereocenters. The molecule has 0 spiro atoms. The molecule has 1 N–H and O–H groups in total. The molecule has 4 heteroatoms.